The van der Waals surface area contributed by atoms with Crippen molar-refractivity contribution >= 4 is 16.9 Å². The average Bonchev–Trinajstić information content (AvgIpc) is 2.73. The summed E-state index contributed by atoms with van der Waals surface area (Å²) < 4.78 is 2.00. The van der Waals surface area contributed by atoms with Crippen molar-refractivity contribution < 1.29 is 9.90 Å². The fraction of sp³-hybridized carbons (Fsp3) is 0.214. The highest BCUT2D eigenvalue weighted by Crippen LogP contribution is 2.21. The van der Waals surface area contributed by atoms with Crippen molar-refractivity contribution in [2.24, 2.45) is 0 Å². The number of para-hydroxylation sites is 1. The third-order valence-electron chi connectivity index (χ3n) is 2.83. The number of aromatic nitrogens is 1. The first-order valence-corrected chi connectivity index (χ1v) is 5.66. The van der Waals surface area contributed by atoms with E-state index in [-0.39, 0.29) is 0 Å². The summed E-state index contributed by atoms with van der Waals surface area (Å²) in [5.41, 5.74) is 1.18. The Morgan fingerprint density at radius 3 is 2.94 bits per heavy atom. The van der Waals surface area contributed by atoms with Crippen LogP contribution in [0.2, 0.25) is 0 Å². The van der Waals surface area contributed by atoms with Crippen LogP contribution in [-0.2, 0) is 6.54 Å². The number of hydrogen-bond acceptors (Lipinski definition) is 1. The number of carboxylic acids is 1. The highest BCUT2D eigenvalue weighted by Gasteiger charge is 2.11. The molecule has 0 saturated carbocycles. The molecule has 88 valence electrons. The van der Waals surface area contributed by atoms with Crippen molar-refractivity contribution in [1.29, 1.82) is 0 Å². The molecule has 0 saturated heterocycles. The van der Waals surface area contributed by atoms with Crippen LogP contribution < -0.4 is 0 Å². The number of benzene rings is 1. The van der Waals surface area contributed by atoms with Crippen molar-refractivity contribution in [1.82, 2.24) is 4.57 Å². The predicted molar refractivity (Wildman–Crippen MR) is 68.3 cm³/mol. The first-order valence-electron chi connectivity index (χ1n) is 5.66. The van der Waals surface area contributed by atoms with Gasteiger partial charge in [0.05, 0.1) is 11.1 Å². The van der Waals surface area contributed by atoms with Gasteiger partial charge in [-0.3, -0.25) is 0 Å². The number of carbonyl (C=O) groups is 1. The largest absolute Gasteiger partial charge is 0.478 e. The van der Waals surface area contributed by atoms with Gasteiger partial charge >= 0.3 is 5.97 Å². The van der Waals surface area contributed by atoms with Gasteiger partial charge in [0.25, 0.3) is 0 Å². The molecular weight excluding hydrogens is 214 g/mol. The van der Waals surface area contributed by atoms with E-state index in [9.17, 15) is 4.79 Å². The zero-order valence-electron chi connectivity index (χ0n) is 9.60. The number of allylic oxidation sites excluding steroid dienone is 1. The van der Waals surface area contributed by atoms with Crippen LogP contribution in [0.15, 0.2) is 43.1 Å². The Morgan fingerprint density at radius 1 is 1.41 bits per heavy atom. The van der Waals surface area contributed by atoms with Crippen molar-refractivity contribution in [3.05, 3.63) is 48.7 Å². The van der Waals surface area contributed by atoms with Gasteiger partial charge in [-0.25, -0.2) is 4.79 Å². The number of aromatic carboxylic acids is 1. The summed E-state index contributed by atoms with van der Waals surface area (Å²) >= 11 is 0. The summed E-state index contributed by atoms with van der Waals surface area (Å²) in [6.07, 6.45) is 5.74. The molecule has 17 heavy (non-hydrogen) atoms. The first kappa shape index (κ1) is 11.5. The van der Waals surface area contributed by atoms with E-state index in [1.165, 1.54) is 0 Å². The van der Waals surface area contributed by atoms with Gasteiger partial charge in [-0.1, -0.05) is 18.2 Å². The Bertz CT molecular complexity index is 554. The lowest BCUT2D eigenvalue weighted by Crippen LogP contribution is -2.03. The Morgan fingerprint density at radius 2 is 2.24 bits per heavy atom. The average molecular weight is 229 g/mol. The van der Waals surface area contributed by atoms with Crippen LogP contribution >= 0.6 is 0 Å². The summed E-state index contributed by atoms with van der Waals surface area (Å²) in [6, 6.07) is 7.32. The van der Waals surface area contributed by atoms with Crippen LogP contribution in [0.3, 0.4) is 0 Å². The normalized spacial score (nSPS) is 10.6. The van der Waals surface area contributed by atoms with E-state index >= 15 is 0 Å². The summed E-state index contributed by atoms with van der Waals surface area (Å²) in [6.45, 7) is 4.50. The van der Waals surface area contributed by atoms with Crippen LogP contribution in [0, 0.1) is 0 Å². The second-order valence-corrected chi connectivity index (χ2v) is 3.99. The lowest BCUT2D eigenvalue weighted by Gasteiger charge is -2.06. The van der Waals surface area contributed by atoms with E-state index in [2.05, 4.69) is 6.58 Å². The molecule has 0 aliphatic carbocycles. The number of aryl methyl sites for hydroxylation is 1. The minimum atomic E-state index is -0.876. The van der Waals surface area contributed by atoms with E-state index in [0.717, 1.165) is 30.3 Å². The molecule has 0 amide bonds. The van der Waals surface area contributed by atoms with Gasteiger partial charge in [-0.15, -0.1) is 6.58 Å². The zero-order chi connectivity index (χ0) is 12.3. The van der Waals surface area contributed by atoms with E-state index in [4.69, 9.17) is 5.11 Å². The lowest BCUT2D eigenvalue weighted by molar-refractivity contribution is 0.0698. The van der Waals surface area contributed by atoms with Gasteiger partial charge < -0.3 is 9.67 Å². The van der Waals surface area contributed by atoms with Crippen LogP contribution in [0.4, 0.5) is 0 Å². The molecule has 1 heterocycles. The summed E-state index contributed by atoms with van der Waals surface area (Å²) in [7, 11) is 0. The Kier molecular flexibility index (Phi) is 3.28. The Hall–Kier alpha value is -2.03. The van der Waals surface area contributed by atoms with Crippen molar-refractivity contribution in [2.75, 3.05) is 0 Å². The molecule has 1 aromatic carbocycles. The quantitative estimate of drug-likeness (QED) is 0.631. The molecule has 0 aliphatic rings. The van der Waals surface area contributed by atoms with Gasteiger partial charge in [0.2, 0.25) is 0 Å². The third-order valence-corrected chi connectivity index (χ3v) is 2.83. The molecule has 0 bridgehead atoms. The fourth-order valence-electron chi connectivity index (χ4n) is 2.03. The Balaban J connectivity index is 2.42. The third kappa shape index (κ3) is 2.23. The molecule has 3 nitrogen and oxygen atoms in total. The molecule has 2 aromatic rings. The van der Waals surface area contributed by atoms with Crippen LogP contribution in [0.1, 0.15) is 23.2 Å². The highest BCUT2D eigenvalue weighted by molar-refractivity contribution is 6.02. The first-order chi connectivity index (χ1) is 8.24. The van der Waals surface area contributed by atoms with E-state index in [1.54, 1.807) is 12.1 Å². The van der Waals surface area contributed by atoms with Crippen molar-refractivity contribution in [3.8, 4) is 0 Å². The summed E-state index contributed by atoms with van der Waals surface area (Å²) in [5.74, 6) is -0.876. The molecular formula is C14H15NO2. The molecule has 1 N–H and O–H groups in total. The fourth-order valence-corrected chi connectivity index (χ4v) is 2.03. The van der Waals surface area contributed by atoms with Gasteiger partial charge in [-0.2, -0.15) is 0 Å². The van der Waals surface area contributed by atoms with Gasteiger partial charge in [0, 0.05) is 18.1 Å². The molecule has 0 fully saturated rings. The molecule has 0 radical (unpaired) electrons. The topological polar surface area (TPSA) is 42.2 Å². The van der Waals surface area contributed by atoms with Crippen molar-refractivity contribution in [3.63, 3.8) is 0 Å². The number of unbranched alkanes of at least 4 members (excludes halogenated alkanes) is 1. The maximum atomic E-state index is 11.2. The molecule has 1 aromatic heterocycles. The minimum absolute atomic E-state index is 0.367. The molecule has 0 aliphatic heterocycles. The smallest absolute Gasteiger partial charge is 0.337 e. The SMILES string of the molecule is C=CCCCn1ccc2cccc(C(=O)O)c21. The number of carboxylic acid groups (broad SMARTS) is 1. The highest BCUT2D eigenvalue weighted by atomic mass is 16.4. The molecule has 0 unspecified atom stereocenters. The van der Waals surface area contributed by atoms with Crippen molar-refractivity contribution in [2.45, 2.75) is 19.4 Å². The predicted octanol–water partition coefficient (Wildman–Crippen LogP) is 3.31. The van der Waals surface area contributed by atoms with E-state index in [0.29, 0.717) is 5.56 Å². The van der Waals surface area contributed by atoms with Gasteiger partial charge in [-0.05, 0) is 25.0 Å². The Labute approximate surface area is 100.0 Å². The number of nitrogens with zero attached hydrogens (tertiary/aromatic N) is 1. The maximum Gasteiger partial charge on any atom is 0.337 e. The maximum absolute atomic E-state index is 11.2. The zero-order valence-corrected chi connectivity index (χ0v) is 9.60. The lowest BCUT2D eigenvalue weighted by atomic mass is 10.1. The summed E-state index contributed by atoms with van der Waals surface area (Å²) in [4.78, 5) is 11.2. The molecule has 0 atom stereocenters. The van der Waals surface area contributed by atoms with Crippen LogP contribution in [0.25, 0.3) is 10.9 Å². The van der Waals surface area contributed by atoms with E-state index in [1.807, 2.05) is 29.0 Å². The number of rotatable bonds is 5. The summed E-state index contributed by atoms with van der Waals surface area (Å²) in [5, 5.41) is 10.1. The second-order valence-electron chi connectivity index (χ2n) is 3.99. The van der Waals surface area contributed by atoms with Gasteiger partial charge in [0.1, 0.15) is 0 Å². The second kappa shape index (κ2) is 4.87. The van der Waals surface area contributed by atoms with E-state index < -0.39 is 5.97 Å². The minimum Gasteiger partial charge on any atom is -0.478 e. The van der Waals surface area contributed by atoms with Crippen LogP contribution in [0.5, 0.6) is 0 Å². The number of hydrogen-bond donors (Lipinski definition) is 1. The number of fused-ring (bicyclic) bond motifs is 1. The monoisotopic (exact) mass is 229 g/mol. The molecule has 2 rings (SSSR count). The molecule has 3 heteroatoms. The van der Waals surface area contributed by atoms with Crippen LogP contribution in [-0.4, -0.2) is 15.6 Å². The van der Waals surface area contributed by atoms with Gasteiger partial charge in [0.15, 0.2) is 0 Å². The molecule has 0 spiro atoms. The standard InChI is InChI=1S/C14H15NO2/c1-2-3-4-9-15-10-8-11-6-5-7-12(13(11)15)14(16)17/h2,5-8,10H,1,3-4,9H2,(H,16,17).